The zero-order chi connectivity index (χ0) is 19.2. The summed E-state index contributed by atoms with van der Waals surface area (Å²) >= 11 is 5.88. The van der Waals surface area contributed by atoms with Gasteiger partial charge in [-0.2, -0.15) is 0 Å². The van der Waals surface area contributed by atoms with Gasteiger partial charge in [0.05, 0.1) is 33.5 Å². The van der Waals surface area contributed by atoms with Crippen LogP contribution in [0, 0.1) is 0 Å². The van der Waals surface area contributed by atoms with Crippen molar-refractivity contribution in [1.82, 2.24) is 4.90 Å². The van der Waals surface area contributed by atoms with Crippen molar-refractivity contribution in [2.45, 2.75) is 25.7 Å². The van der Waals surface area contributed by atoms with Gasteiger partial charge in [-0.25, -0.2) is 0 Å². The first kappa shape index (κ1) is 20.0. The number of hydrogen-bond acceptors (Lipinski definition) is 5. The zero-order valence-corrected chi connectivity index (χ0v) is 16.5. The summed E-state index contributed by atoms with van der Waals surface area (Å²) < 4.78 is 16.4. The van der Waals surface area contributed by atoms with Gasteiger partial charge in [0.15, 0.2) is 11.5 Å². The average molecular weight is 392 g/mol. The fourth-order valence-electron chi connectivity index (χ4n) is 3.34. The molecule has 0 amide bonds. The van der Waals surface area contributed by atoms with E-state index in [1.54, 1.807) is 14.2 Å². The smallest absolute Gasteiger partial charge is 0.161 e. The van der Waals surface area contributed by atoms with Crippen molar-refractivity contribution >= 4 is 11.6 Å². The van der Waals surface area contributed by atoms with Crippen LogP contribution in [0.1, 0.15) is 16.7 Å². The second kappa shape index (κ2) is 9.42. The first-order valence-corrected chi connectivity index (χ1v) is 9.43. The summed E-state index contributed by atoms with van der Waals surface area (Å²) in [4.78, 5) is 2.24. The molecule has 0 fully saturated rings. The van der Waals surface area contributed by atoms with Gasteiger partial charge in [0.25, 0.3) is 0 Å². The molecule has 5 nitrogen and oxygen atoms in total. The second-order valence-corrected chi connectivity index (χ2v) is 7.19. The molecule has 0 aliphatic carbocycles. The Morgan fingerprint density at radius 3 is 2.41 bits per heavy atom. The molecule has 0 radical (unpaired) electrons. The van der Waals surface area contributed by atoms with Crippen LogP contribution in [0.4, 0.5) is 0 Å². The van der Waals surface area contributed by atoms with Gasteiger partial charge in [-0.05, 0) is 47.4 Å². The molecule has 6 heteroatoms. The first-order valence-electron chi connectivity index (χ1n) is 9.05. The number of hydrogen-bond donors (Lipinski definition) is 1. The van der Waals surface area contributed by atoms with E-state index in [4.69, 9.17) is 25.8 Å². The third kappa shape index (κ3) is 5.36. The Bertz CT molecular complexity index is 751. The number of rotatable bonds is 8. The molecule has 27 heavy (non-hydrogen) atoms. The highest BCUT2D eigenvalue weighted by atomic mass is 35.5. The molecular weight excluding hydrogens is 366 g/mol. The molecule has 0 aromatic heterocycles. The highest BCUT2D eigenvalue weighted by molar-refractivity contribution is 6.30. The molecule has 146 valence electrons. The standard InChI is InChI=1S/C21H26ClNO4/c1-25-20-9-16-7-8-23(11-17(16)10-21(20)26-2)12-19(24)14-27-13-15-3-5-18(22)6-4-15/h3-6,9-10,19,24H,7-8,11-14H2,1-2H3/t19-/m0/s1. The van der Waals surface area contributed by atoms with E-state index in [9.17, 15) is 5.11 Å². The Morgan fingerprint density at radius 1 is 1.07 bits per heavy atom. The molecule has 1 aliphatic heterocycles. The maximum atomic E-state index is 10.3. The number of aliphatic hydroxyl groups is 1. The normalized spacial score (nSPS) is 15.3. The molecule has 2 aromatic carbocycles. The number of benzene rings is 2. The SMILES string of the molecule is COc1cc2c(cc1OC)CN(C[C@H](O)COCc1ccc(Cl)cc1)CC2. The van der Waals surface area contributed by atoms with Gasteiger partial charge in [-0.15, -0.1) is 0 Å². The maximum Gasteiger partial charge on any atom is 0.161 e. The van der Waals surface area contributed by atoms with Gasteiger partial charge in [0.2, 0.25) is 0 Å². The summed E-state index contributed by atoms with van der Waals surface area (Å²) in [6.45, 7) is 3.03. The van der Waals surface area contributed by atoms with Crippen LogP contribution >= 0.6 is 11.6 Å². The molecule has 0 bridgehead atoms. The summed E-state index contributed by atoms with van der Waals surface area (Å²) in [6, 6.07) is 11.6. The lowest BCUT2D eigenvalue weighted by Crippen LogP contribution is -2.38. The minimum atomic E-state index is -0.529. The van der Waals surface area contributed by atoms with E-state index in [1.807, 2.05) is 30.3 Å². The predicted octanol–water partition coefficient (Wildman–Crippen LogP) is 3.29. The van der Waals surface area contributed by atoms with Crippen LogP contribution in [-0.2, 0) is 24.3 Å². The molecule has 0 spiro atoms. The van der Waals surface area contributed by atoms with Crippen LogP contribution in [0.2, 0.25) is 5.02 Å². The third-order valence-electron chi connectivity index (χ3n) is 4.76. The lowest BCUT2D eigenvalue weighted by atomic mass is 9.98. The number of aliphatic hydroxyl groups excluding tert-OH is 1. The van der Waals surface area contributed by atoms with Crippen LogP contribution in [-0.4, -0.2) is 50.0 Å². The number of nitrogens with zero attached hydrogens (tertiary/aromatic N) is 1. The van der Waals surface area contributed by atoms with E-state index in [-0.39, 0.29) is 0 Å². The molecule has 0 saturated heterocycles. The van der Waals surface area contributed by atoms with Crippen molar-refractivity contribution < 1.29 is 19.3 Å². The van der Waals surface area contributed by atoms with Crippen LogP contribution < -0.4 is 9.47 Å². The number of β-amino-alcohol motifs (C(OH)–C–C–N with tert-alkyl or cyclic N) is 1. The average Bonchev–Trinajstić information content (AvgIpc) is 2.68. The third-order valence-corrected chi connectivity index (χ3v) is 5.01. The van der Waals surface area contributed by atoms with Crippen LogP contribution in [0.3, 0.4) is 0 Å². The van der Waals surface area contributed by atoms with Gasteiger partial charge >= 0.3 is 0 Å². The molecule has 2 aromatic rings. The van der Waals surface area contributed by atoms with E-state index in [1.165, 1.54) is 11.1 Å². The summed E-state index contributed by atoms with van der Waals surface area (Å²) in [5, 5.41) is 11.0. The fourth-order valence-corrected chi connectivity index (χ4v) is 3.47. The Hall–Kier alpha value is -1.79. The number of methoxy groups -OCH3 is 2. The van der Waals surface area contributed by atoms with Crippen LogP contribution in [0.25, 0.3) is 0 Å². The maximum absolute atomic E-state index is 10.3. The number of halogens is 1. The highest BCUT2D eigenvalue weighted by Gasteiger charge is 2.21. The molecule has 1 atom stereocenters. The van der Waals surface area contributed by atoms with E-state index in [0.29, 0.717) is 24.8 Å². The minimum Gasteiger partial charge on any atom is -0.493 e. The molecular formula is C21H26ClNO4. The second-order valence-electron chi connectivity index (χ2n) is 6.76. The Labute approximate surface area is 165 Å². The topological polar surface area (TPSA) is 51.2 Å². The molecule has 0 saturated carbocycles. The zero-order valence-electron chi connectivity index (χ0n) is 15.8. The quantitative estimate of drug-likeness (QED) is 0.748. The number of ether oxygens (including phenoxy) is 3. The molecule has 3 rings (SSSR count). The van der Waals surface area contributed by atoms with E-state index in [2.05, 4.69) is 11.0 Å². The largest absolute Gasteiger partial charge is 0.493 e. The van der Waals surface area contributed by atoms with E-state index < -0.39 is 6.10 Å². The first-order chi connectivity index (χ1) is 13.1. The van der Waals surface area contributed by atoms with Gasteiger partial charge in [0, 0.05) is 24.7 Å². The van der Waals surface area contributed by atoms with Crippen molar-refractivity contribution in [3.8, 4) is 11.5 Å². The van der Waals surface area contributed by atoms with Gasteiger partial charge in [0.1, 0.15) is 0 Å². The van der Waals surface area contributed by atoms with E-state index in [0.717, 1.165) is 36.6 Å². The van der Waals surface area contributed by atoms with Gasteiger partial charge in [-0.1, -0.05) is 23.7 Å². The van der Waals surface area contributed by atoms with Crippen molar-refractivity contribution in [2.75, 3.05) is 33.9 Å². The van der Waals surface area contributed by atoms with Crippen LogP contribution in [0.5, 0.6) is 11.5 Å². The van der Waals surface area contributed by atoms with Gasteiger partial charge < -0.3 is 19.3 Å². The predicted molar refractivity (Wildman–Crippen MR) is 106 cm³/mol. The lowest BCUT2D eigenvalue weighted by Gasteiger charge is -2.31. The Balaban J connectivity index is 1.49. The summed E-state index contributed by atoms with van der Waals surface area (Å²) in [5.74, 6) is 1.50. The van der Waals surface area contributed by atoms with E-state index >= 15 is 0 Å². The lowest BCUT2D eigenvalue weighted by molar-refractivity contribution is 0.00772. The summed E-state index contributed by atoms with van der Waals surface area (Å²) in [7, 11) is 3.30. The van der Waals surface area contributed by atoms with Crippen molar-refractivity contribution in [1.29, 1.82) is 0 Å². The highest BCUT2D eigenvalue weighted by Crippen LogP contribution is 2.33. The molecule has 1 aliphatic rings. The Kier molecular flexibility index (Phi) is 6.96. The van der Waals surface area contributed by atoms with Gasteiger partial charge in [-0.3, -0.25) is 4.90 Å². The summed E-state index contributed by atoms with van der Waals surface area (Å²) in [5.41, 5.74) is 3.53. The molecule has 1 N–H and O–H groups in total. The number of fused-ring (bicyclic) bond motifs is 1. The molecule has 1 heterocycles. The summed E-state index contributed by atoms with van der Waals surface area (Å²) in [6.07, 6.45) is 0.396. The van der Waals surface area contributed by atoms with Crippen LogP contribution in [0.15, 0.2) is 36.4 Å². The van der Waals surface area contributed by atoms with Crippen molar-refractivity contribution in [3.63, 3.8) is 0 Å². The molecule has 0 unspecified atom stereocenters. The van der Waals surface area contributed by atoms with Crippen molar-refractivity contribution in [2.24, 2.45) is 0 Å². The Morgan fingerprint density at radius 2 is 1.74 bits per heavy atom. The minimum absolute atomic E-state index is 0.303. The fraction of sp³-hybridized carbons (Fsp3) is 0.429. The van der Waals surface area contributed by atoms with Crippen molar-refractivity contribution in [3.05, 3.63) is 58.1 Å². The monoisotopic (exact) mass is 391 g/mol.